The average molecular weight is 343 g/mol. The van der Waals surface area contributed by atoms with Gasteiger partial charge in [0.15, 0.2) is 5.60 Å². The molecule has 2 rings (SSSR count). The third-order valence-electron chi connectivity index (χ3n) is 2.82. The first kappa shape index (κ1) is 14.3. The number of fused-ring (bicyclic) bond motifs is 1. The summed E-state index contributed by atoms with van der Waals surface area (Å²) in [6.07, 6.45) is -4.90. The minimum atomic E-state index is -4.90. The second kappa shape index (κ2) is 4.77. The van der Waals surface area contributed by atoms with Crippen LogP contribution in [0.2, 0.25) is 0 Å². The second-order valence-electron chi connectivity index (χ2n) is 4.05. The molecule has 1 nitrogen and oxygen atoms in total. The van der Waals surface area contributed by atoms with Gasteiger partial charge in [-0.05, 0) is 22.0 Å². The first-order chi connectivity index (χ1) is 8.85. The van der Waals surface area contributed by atoms with Gasteiger partial charge >= 0.3 is 6.18 Å². The molecule has 1 aromatic rings. The van der Waals surface area contributed by atoms with E-state index in [-0.39, 0.29) is 11.3 Å². The molecule has 0 amide bonds. The Kier molecular flexibility index (Phi) is 3.59. The highest BCUT2D eigenvalue weighted by molar-refractivity contribution is 9.15. The fraction of sp³-hybridized carbons (Fsp3) is 0.333. The lowest BCUT2D eigenvalue weighted by atomic mass is 9.90. The van der Waals surface area contributed by atoms with Crippen LogP contribution in [0.1, 0.15) is 5.56 Å². The first-order valence-electron chi connectivity index (χ1n) is 5.23. The molecule has 104 valence electrons. The number of hydrogen-bond acceptors (Lipinski definition) is 1. The average Bonchev–Trinajstić information content (AvgIpc) is 2.36. The molecule has 1 heterocycles. The van der Waals surface area contributed by atoms with E-state index in [0.717, 1.165) is 0 Å². The maximum absolute atomic E-state index is 13.1. The molecule has 0 N–H and O–H groups in total. The molecular formula is C12H8BrF5O. The lowest BCUT2D eigenvalue weighted by molar-refractivity contribution is -0.122. The zero-order valence-corrected chi connectivity index (χ0v) is 11.0. The minimum Gasteiger partial charge on any atom is -0.476 e. The molecule has 0 radical (unpaired) electrons. The van der Waals surface area contributed by atoms with Crippen molar-refractivity contribution in [2.45, 2.75) is 11.8 Å². The topological polar surface area (TPSA) is 9.23 Å². The molecule has 0 saturated carbocycles. The van der Waals surface area contributed by atoms with Crippen LogP contribution in [0, 0.1) is 0 Å². The molecule has 0 aromatic heterocycles. The highest BCUT2D eigenvalue weighted by Crippen LogP contribution is 2.50. The van der Waals surface area contributed by atoms with Crippen molar-refractivity contribution in [1.82, 2.24) is 0 Å². The molecule has 0 bridgehead atoms. The van der Waals surface area contributed by atoms with Crippen molar-refractivity contribution in [1.29, 1.82) is 0 Å². The summed E-state index contributed by atoms with van der Waals surface area (Å²) >= 11 is 2.79. The van der Waals surface area contributed by atoms with Gasteiger partial charge in [0.25, 0.3) is 0 Å². The number of para-hydroxylation sites is 1. The van der Waals surface area contributed by atoms with Crippen LogP contribution in [0.15, 0.2) is 29.8 Å². The van der Waals surface area contributed by atoms with Crippen LogP contribution in [0.3, 0.4) is 0 Å². The van der Waals surface area contributed by atoms with Gasteiger partial charge < -0.3 is 4.74 Å². The van der Waals surface area contributed by atoms with Crippen LogP contribution in [-0.4, -0.2) is 25.1 Å². The van der Waals surface area contributed by atoms with E-state index in [0.29, 0.717) is 0 Å². The van der Waals surface area contributed by atoms with Gasteiger partial charge in [0.1, 0.15) is 19.1 Å². The molecular weight excluding hydrogens is 335 g/mol. The van der Waals surface area contributed by atoms with Crippen molar-refractivity contribution in [3.05, 3.63) is 35.4 Å². The van der Waals surface area contributed by atoms with Gasteiger partial charge in [0.2, 0.25) is 0 Å². The van der Waals surface area contributed by atoms with Crippen molar-refractivity contribution in [3.63, 3.8) is 0 Å². The van der Waals surface area contributed by atoms with Crippen LogP contribution < -0.4 is 4.74 Å². The molecule has 1 aliphatic heterocycles. The summed E-state index contributed by atoms with van der Waals surface area (Å²) < 4.78 is 69.9. The lowest BCUT2D eigenvalue weighted by Gasteiger charge is -2.37. The van der Waals surface area contributed by atoms with Crippen molar-refractivity contribution in [3.8, 4) is 5.75 Å². The third kappa shape index (κ3) is 2.24. The van der Waals surface area contributed by atoms with Crippen LogP contribution in [0.25, 0.3) is 4.48 Å². The number of hydrogen-bond donors (Lipinski definition) is 0. The maximum Gasteiger partial charge on any atom is 0.417 e. The Morgan fingerprint density at radius 1 is 1.11 bits per heavy atom. The predicted octanol–water partition coefficient (Wildman–Crippen LogP) is 4.43. The second-order valence-corrected chi connectivity index (χ2v) is 4.84. The number of rotatable bonds is 2. The Bertz CT molecular complexity index is 519. The fourth-order valence-corrected chi connectivity index (χ4v) is 2.85. The number of ether oxygens (including phenoxy) is 1. The van der Waals surface area contributed by atoms with Crippen molar-refractivity contribution < 1.29 is 26.7 Å². The van der Waals surface area contributed by atoms with Crippen LogP contribution in [-0.2, 0) is 0 Å². The summed E-state index contributed by atoms with van der Waals surface area (Å²) in [6.45, 7) is -3.22. The van der Waals surface area contributed by atoms with Gasteiger partial charge in [-0.25, -0.2) is 8.78 Å². The molecule has 0 aliphatic carbocycles. The molecule has 0 saturated heterocycles. The summed E-state index contributed by atoms with van der Waals surface area (Å²) in [6, 6.07) is 5.77. The van der Waals surface area contributed by atoms with Gasteiger partial charge in [0.05, 0.1) is 5.57 Å². The smallest absolute Gasteiger partial charge is 0.417 e. The lowest BCUT2D eigenvalue weighted by Crippen LogP contribution is -2.49. The Morgan fingerprint density at radius 3 is 2.21 bits per heavy atom. The van der Waals surface area contributed by atoms with E-state index in [4.69, 9.17) is 4.74 Å². The van der Waals surface area contributed by atoms with Gasteiger partial charge in [0, 0.05) is 10.0 Å². The van der Waals surface area contributed by atoms with E-state index in [1.165, 1.54) is 24.3 Å². The predicted molar refractivity (Wildman–Crippen MR) is 63.7 cm³/mol. The van der Waals surface area contributed by atoms with Crippen molar-refractivity contribution >= 4 is 20.4 Å². The first-order valence-corrected chi connectivity index (χ1v) is 6.03. The van der Waals surface area contributed by atoms with Gasteiger partial charge in [-0.3, -0.25) is 0 Å². The van der Waals surface area contributed by atoms with Crippen LogP contribution in [0.4, 0.5) is 22.0 Å². The van der Waals surface area contributed by atoms with E-state index in [1.54, 1.807) is 0 Å². The molecule has 7 heteroatoms. The Labute approximate surface area is 114 Å². The Morgan fingerprint density at radius 2 is 1.68 bits per heavy atom. The highest BCUT2D eigenvalue weighted by Gasteiger charge is 2.55. The van der Waals surface area contributed by atoms with Crippen LogP contribution >= 0.6 is 15.9 Å². The normalized spacial score (nSPS) is 18.0. The molecule has 0 atom stereocenters. The molecule has 19 heavy (non-hydrogen) atoms. The van der Waals surface area contributed by atoms with Crippen molar-refractivity contribution in [2.75, 3.05) is 13.3 Å². The summed E-state index contributed by atoms with van der Waals surface area (Å²) in [7, 11) is 0. The summed E-state index contributed by atoms with van der Waals surface area (Å²) in [5.74, 6) is 0.0117. The number of halogens is 6. The van der Waals surface area contributed by atoms with E-state index >= 15 is 0 Å². The van der Waals surface area contributed by atoms with E-state index in [2.05, 4.69) is 15.9 Å². The quantitative estimate of drug-likeness (QED) is 0.722. The maximum atomic E-state index is 13.1. The largest absolute Gasteiger partial charge is 0.476 e. The van der Waals surface area contributed by atoms with E-state index in [1.807, 2.05) is 0 Å². The SMILES string of the molecule is FCC1(CF)Oc2ccccc2C(Br)=C1C(F)(F)F. The highest BCUT2D eigenvalue weighted by atomic mass is 79.9. The summed E-state index contributed by atoms with van der Waals surface area (Å²) in [5, 5.41) is 0. The van der Waals surface area contributed by atoms with E-state index < -0.39 is 35.2 Å². The molecule has 1 aliphatic rings. The van der Waals surface area contributed by atoms with Crippen molar-refractivity contribution in [2.24, 2.45) is 0 Å². The molecule has 0 fully saturated rings. The summed E-state index contributed by atoms with van der Waals surface area (Å²) in [4.78, 5) is 0. The zero-order valence-electron chi connectivity index (χ0n) is 9.40. The standard InChI is InChI=1S/C12H8BrF5O/c13-9-7-3-1-2-4-8(7)19-11(5-14,6-15)10(9)12(16,17)18/h1-4H,5-6H2. The summed E-state index contributed by atoms with van der Waals surface area (Å²) in [5.41, 5.74) is -3.90. The Hall–Kier alpha value is -1.11. The zero-order chi connectivity index (χ0) is 14.3. The van der Waals surface area contributed by atoms with E-state index in [9.17, 15) is 22.0 Å². The fourth-order valence-electron chi connectivity index (χ4n) is 1.94. The molecule has 0 unspecified atom stereocenters. The number of benzene rings is 1. The third-order valence-corrected chi connectivity index (χ3v) is 3.64. The molecule has 1 aromatic carbocycles. The molecule has 0 spiro atoms. The van der Waals surface area contributed by atoms with Gasteiger partial charge in [-0.15, -0.1) is 0 Å². The van der Waals surface area contributed by atoms with Gasteiger partial charge in [-0.2, -0.15) is 13.2 Å². The number of alkyl halides is 5. The minimum absolute atomic E-state index is 0.0117. The monoisotopic (exact) mass is 342 g/mol. The van der Waals surface area contributed by atoms with Crippen LogP contribution in [0.5, 0.6) is 5.75 Å². The van der Waals surface area contributed by atoms with Gasteiger partial charge in [-0.1, -0.05) is 18.2 Å². The Balaban J connectivity index is 2.73.